The number of aryl methyl sites for hydroxylation is 1. The van der Waals surface area contributed by atoms with Crippen molar-refractivity contribution < 1.29 is 32.2 Å². The molecule has 0 spiro atoms. The van der Waals surface area contributed by atoms with Crippen molar-refractivity contribution in [1.29, 1.82) is 0 Å². The van der Waals surface area contributed by atoms with E-state index in [1.165, 1.54) is 24.3 Å². The lowest BCUT2D eigenvalue weighted by Gasteiger charge is -2.11. The van der Waals surface area contributed by atoms with Crippen LogP contribution in [0.25, 0.3) is 5.69 Å². The van der Waals surface area contributed by atoms with Gasteiger partial charge >= 0.3 is 5.97 Å². The molecule has 3 aromatic rings. The smallest absolute Gasteiger partial charge is 0.338 e. The number of ketones is 1. The van der Waals surface area contributed by atoms with Gasteiger partial charge in [0.05, 0.1) is 10.5 Å². The Bertz CT molecular complexity index is 1340. The van der Waals surface area contributed by atoms with Crippen molar-refractivity contribution in [3.8, 4) is 17.2 Å². The fourth-order valence-corrected chi connectivity index (χ4v) is 4.28. The van der Waals surface area contributed by atoms with Crippen LogP contribution in [0.15, 0.2) is 53.4 Å². The lowest BCUT2D eigenvalue weighted by molar-refractivity contribution is 0.0474. The van der Waals surface area contributed by atoms with Gasteiger partial charge in [0.25, 0.3) is 0 Å². The Kier molecular flexibility index (Phi) is 5.52. The van der Waals surface area contributed by atoms with Gasteiger partial charge in [-0.3, -0.25) is 4.79 Å². The highest BCUT2D eigenvalue weighted by Crippen LogP contribution is 2.35. The second kappa shape index (κ2) is 8.16. The van der Waals surface area contributed by atoms with E-state index in [1.807, 2.05) is 36.6 Å². The number of Topliss-reactive ketones (excluding diaryl/α,β-unsaturated/α-hetero) is 1. The first-order chi connectivity index (χ1) is 15.1. The monoisotopic (exact) mass is 455 g/mol. The molecule has 1 aromatic heterocycles. The van der Waals surface area contributed by atoms with Gasteiger partial charge in [-0.25, -0.2) is 13.2 Å². The summed E-state index contributed by atoms with van der Waals surface area (Å²) in [6.07, 6.45) is 1.05. The minimum Gasteiger partial charge on any atom is -0.454 e. The number of nitrogens with zero attached hydrogens (tertiary/aromatic N) is 1. The van der Waals surface area contributed by atoms with Gasteiger partial charge in [0.1, 0.15) is 0 Å². The molecule has 8 nitrogen and oxygen atoms in total. The van der Waals surface area contributed by atoms with Gasteiger partial charge in [0, 0.05) is 35.0 Å². The van der Waals surface area contributed by atoms with Crippen LogP contribution in [0.5, 0.6) is 11.5 Å². The third-order valence-electron chi connectivity index (χ3n) is 5.18. The zero-order valence-corrected chi connectivity index (χ0v) is 18.6. The van der Waals surface area contributed by atoms with Crippen molar-refractivity contribution in [2.24, 2.45) is 0 Å². The molecule has 0 radical (unpaired) electrons. The zero-order valence-electron chi connectivity index (χ0n) is 17.7. The number of carbonyl (C=O) groups is 2. The fourth-order valence-electron chi connectivity index (χ4n) is 3.61. The van der Waals surface area contributed by atoms with E-state index in [0.29, 0.717) is 22.8 Å². The second-order valence-corrected chi connectivity index (χ2v) is 9.47. The summed E-state index contributed by atoms with van der Waals surface area (Å²) in [5.41, 5.74) is 2.83. The highest BCUT2D eigenvalue weighted by molar-refractivity contribution is 7.90. The molecule has 0 amide bonds. The summed E-state index contributed by atoms with van der Waals surface area (Å²) >= 11 is 0. The van der Waals surface area contributed by atoms with Crippen LogP contribution in [0.1, 0.15) is 32.1 Å². The molecule has 4 rings (SSSR count). The summed E-state index contributed by atoms with van der Waals surface area (Å²) in [5.74, 6) is 0.165. The summed E-state index contributed by atoms with van der Waals surface area (Å²) in [6, 6.07) is 12.8. The van der Waals surface area contributed by atoms with E-state index in [2.05, 4.69) is 0 Å². The Labute approximate surface area is 185 Å². The third-order valence-corrected chi connectivity index (χ3v) is 6.29. The average molecular weight is 455 g/mol. The quantitative estimate of drug-likeness (QED) is 0.415. The van der Waals surface area contributed by atoms with Gasteiger partial charge in [-0.1, -0.05) is 6.07 Å². The van der Waals surface area contributed by atoms with Crippen molar-refractivity contribution >= 4 is 21.6 Å². The van der Waals surface area contributed by atoms with E-state index in [4.69, 9.17) is 14.2 Å². The molecule has 1 aliphatic rings. The maximum Gasteiger partial charge on any atom is 0.338 e. The van der Waals surface area contributed by atoms with Crippen LogP contribution in [0.4, 0.5) is 0 Å². The van der Waals surface area contributed by atoms with E-state index in [9.17, 15) is 18.0 Å². The van der Waals surface area contributed by atoms with E-state index in [1.54, 1.807) is 6.07 Å². The minimum absolute atomic E-state index is 0.00514. The summed E-state index contributed by atoms with van der Waals surface area (Å²) in [4.78, 5) is 25.1. The molecule has 2 heterocycles. The number of hydrogen-bond donors (Lipinski definition) is 0. The SMILES string of the molecule is Cc1cc(C(=O)COC(=O)c2cccc(S(C)(=O)=O)c2)c(C)n1-c1ccc2c(c1)OCO2. The van der Waals surface area contributed by atoms with Crippen molar-refractivity contribution in [3.05, 3.63) is 71.0 Å². The van der Waals surface area contributed by atoms with Gasteiger partial charge in [0.15, 0.2) is 27.9 Å². The molecule has 32 heavy (non-hydrogen) atoms. The number of ether oxygens (including phenoxy) is 3. The van der Waals surface area contributed by atoms with Crippen LogP contribution >= 0.6 is 0 Å². The van der Waals surface area contributed by atoms with Gasteiger partial charge < -0.3 is 18.8 Å². The van der Waals surface area contributed by atoms with Crippen LogP contribution in [-0.4, -0.2) is 44.4 Å². The maximum atomic E-state index is 12.8. The number of benzene rings is 2. The molecule has 0 fully saturated rings. The van der Waals surface area contributed by atoms with E-state index in [0.717, 1.165) is 17.6 Å². The summed E-state index contributed by atoms with van der Waals surface area (Å²) < 4.78 is 41.2. The van der Waals surface area contributed by atoms with Crippen molar-refractivity contribution in [2.45, 2.75) is 18.7 Å². The van der Waals surface area contributed by atoms with Crippen molar-refractivity contribution in [1.82, 2.24) is 4.57 Å². The highest BCUT2D eigenvalue weighted by Gasteiger charge is 2.21. The average Bonchev–Trinajstić information content (AvgIpc) is 3.34. The summed E-state index contributed by atoms with van der Waals surface area (Å²) in [5, 5.41) is 0. The summed E-state index contributed by atoms with van der Waals surface area (Å²) in [7, 11) is -3.47. The first-order valence-electron chi connectivity index (χ1n) is 9.74. The molecule has 0 saturated heterocycles. The molecule has 0 atom stereocenters. The largest absolute Gasteiger partial charge is 0.454 e. The van der Waals surface area contributed by atoms with E-state index < -0.39 is 22.4 Å². The topological polar surface area (TPSA) is 101 Å². The standard InChI is InChI=1S/C23H21NO7S/c1-14-9-19(15(2)24(14)17-7-8-21-22(11-17)31-13-30-21)20(25)12-29-23(26)16-5-4-6-18(10-16)32(3,27)28/h4-11H,12-13H2,1-3H3. The third kappa shape index (κ3) is 4.11. The predicted octanol–water partition coefficient (Wildman–Crippen LogP) is 3.27. The molecule has 0 bridgehead atoms. The van der Waals surface area contributed by atoms with Gasteiger partial charge in [-0.15, -0.1) is 0 Å². The minimum atomic E-state index is -3.47. The normalized spacial score (nSPS) is 12.6. The van der Waals surface area contributed by atoms with E-state index >= 15 is 0 Å². The number of rotatable bonds is 6. The molecule has 2 aromatic carbocycles. The van der Waals surface area contributed by atoms with Gasteiger partial charge in [0.2, 0.25) is 12.6 Å². The number of sulfone groups is 1. The van der Waals surface area contributed by atoms with Crippen LogP contribution in [0.3, 0.4) is 0 Å². The lowest BCUT2D eigenvalue weighted by Crippen LogP contribution is -2.15. The first kappa shape index (κ1) is 21.6. The molecular weight excluding hydrogens is 434 g/mol. The fraction of sp³-hybridized carbons (Fsp3) is 0.217. The van der Waals surface area contributed by atoms with Gasteiger partial charge in [-0.05, 0) is 50.2 Å². The van der Waals surface area contributed by atoms with Crippen LogP contribution in [0, 0.1) is 13.8 Å². The number of fused-ring (bicyclic) bond motifs is 1. The molecule has 9 heteroatoms. The Morgan fingerprint density at radius 2 is 1.78 bits per heavy atom. The molecule has 0 unspecified atom stereocenters. The Morgan fingerprint density at radius 3 is 2.53 bits per heavy atom. The number of carbonyl (C=O) groups excluding carboxylic acids is 2. The van der Waals surface area contributed by atoms with Crippen LogP contribution < -0.4 is 9.47 Å². The maximum absolute atomic E-state index is 12.8. The van der Waals surface area contributed by atoms with Crippen molar-refractivity contribution in [3.63, 3.8) is 0 Å². The lowest BCUT2D eigenvalue weighted by atomic mass is 10.1. The zero-order chi connectivity index (χ0) is 23.0. The van der Waals surface area contributed by atoms with E-state index in [-0.39, 0.29) is 23.0 Å². The van der Waals surface area contributed by atoms with Crippen molar-refractivity contribution in [2.75, 3.05) is 19.7 Å². The number of esters is 1. The molecule has 0 saturated carbocycles. The van der Waals surface area contributed by atoms with Crippen LogP contribution in [-0.2, 0) is 14.6 Å². The number of hydrogen-bond acceptors (Lipinski definition) is 7. The number of aromatic nitrogens is 1. The highest BCUT2D eigenvalue weighted by atomic mass is 32.2. The molecule has 166 valence electrons. The molecule has 0 aliphatic carbocycles. The Balaban J connectivity index is 1.51. The Morgan fingerprint density at radius 1 is 1.03 bits per heavy atom. The molecular formula is C23H21NO7S. The summed E-state index contributed by atoms with van der Waals surface area (Å²) in [6.45, 7) is 3.39. The molecule has 0 N–H and O–H groups in total. The first-order valence-corrected chi connectivity index (χ1v) is 11.6. The van der Waals surface area contributed by atoms with Crippen LogP contribution in [0.2, 0.25) is 0 Å². The Hall–Kier alpha value is -3.59. The van der Waals surface area contributed by atoms with Gasteiger partial charge in [-0.2, -0.15) is 0 Å². The predicted molar refractivity (Wildman–Crippen MR) is 116 cm³/mol. The second-order valence-electron chi connectivity index (χ2n) is 7.46. The molecule has 1 aliphatic heterocycles.